The highest BCUT2D eigenvalue weighted by Crippen LogP contribution is 2.10. The smallest absolute Gasteiger partial charge is 0.240 e. The molecule has 146 valence electrons. The van der Waals surface area contributed by atoms with Gasteiger partial charge in [0.15, 0.2) is 5.96 Å². The van der Waals surface area contributed by atoms with Crippen LogP contribution in [-0.4, -0.2) is 34.5 Å². The second kappa shape index (κ2) is 9.48. The molecule has 0 heterocycles. The van der Waals surface area contributed by atoms with Gasteiger partial charge in [0.25, 0.3) is 0 Å². The number of sulfonamides is 1. The fraction of sp³-hybridized carbons (Fsp3) is 0.316. The van der Waals surface area contributed by atoms with Gasteiger partial charge in [-0.3, -0.25) is 4.99 Å². The van der Waals surface area contributed by atoms with Gasteiger partial charge in [0, 0.05) is 26.7 Å². The third-order valence-electron chi connectivity index (χ3n) is 3.95. The summed E-state index contributed by atoms with van der Waals surface area (Å²) < 4.78 is 40.3. The lowest BCUT2D eigenvalue weighted by molar-refractivity contribution is 0.580. The Balaban J connectivity index is 1.79. The monoisotopic (exact) mass is 392 g/mol. The van der Waals surface area contributed by atoms with E-state index in [-0.39, 0.29) is 17.3 Å². The van der Waals surface area contributed by atoms with Crippen molar-refractivity contribution in [1.29, 1.82) is 0 Å². The maximum atomic E-state index is 13.3. The number of benzene rings is 2. The Hall–Kier alpha value is -2.45. The SMILES string of the molecule is CN=C(NCCNS(=O)(=O)c1ccc(C)cc1)NCc1ccc(F)c(C)c1. The molecule has 0 spiro atoms. The molecule has 0 bridgehead atoms. The van der Waals surface area contributed by atoms with Crippen molar-refractivity contribution in [2.24, 2.45) is 4.99 Å². The van der Waals surface area contributed by atoms with Crippen LogP contribution >= 0.6 is 0 Å². The first-order chi connectivity index (χ1) is 12.8. The summed E-state index contributed by atoms with van der Waals surface area (Å²) in [6.07, 6.45) is 0. The first kappa shape index (κ1) is 20.9. The molecule has 0 atom stereocenters. The largest absolute Gasteiger partial charge is 0.355 e. The lowest BCUT2D eigenvalue weighted by Crippen LogP contribution is -2.41. The molecule has 27 heavy (non-hydrogen) atoms. The third kappa shape index (κ3) is 6.33. The van der Waals surface area contributed by atoms with Crippen LogP contribution in [0.2, 0.25) is 0 Å². The molecule has 0 saturated heterocycles. The summed E-state index contributed by atoms with van der Waals surface area (Å²) >= 11 is 0. The predicted molar refractivity (Wildman–Crippen MR) is 106 cm³/mol. The molecule has 0 unspecified atom stereocenters. The second-order valence-corrected chi connectivity index (χ2v) is 7.91. The van der Waals surface area contributed by atoms with E-state index in [0.717, 1.165) is 11.1 Å². The Bertz CT molecular complexity index is 896. The number of aryl methyl sites for hydroxylation is 2. The zero-order chi connectivity index (χ0) is 19.9. The topological polar surface area (TPSA) is 82.6 Å². The number of aliphatic imine (C=N–C) groups is 1. The van der Waals surface area contributed by atoms with Gasteiger partial charge >= 0.3 is 0 Å². The van der Waals surface area contributed by atoms with Crippen LogP contribution in [0, 0.1) is 19.7 Å². The molecule has 0 aliphatic rings. The van der Waals surface area contributed by atoms with Gasteiger partial charge in [0.2, 0.25) is 10.0 Å². The lowest BCUT2D eigenvalue weighted by atomic mass is 10.1. The molecule has 0 amide bonds. The molecule has 2 aromatic rings. The second-order valence-electron chi connectivity index (χ2n) is 6.15. The minimum atomic E-state index is -3.53. The van der Waals surface area contributed by atoms with Crippen molar-refractivity contribution < 1.29 is 12.8 Å². The van der Waals surface area contributed by atoms with E-state index < -0.39 is 10.0 Å². The van der Waals surface area contributed by atoms with Crippen LogP contribution < -0.4 is 15.4 Å². The molecule has 8 heteroatoms. The van der Waals surface area contributed by atoms with Crippen molar-refractivity contribution in [2.75, 3.05) is 20.1 Å². The maximum Gasteiger partial charge on any atom is 0.240 e. The molecule has 3 N–H and O–H groups in total. The van der Waals surface area contributed by atoms with Crippen LogP contribution in [0.15, 0.2) is 52.4 Å². The zero-order valence-corrected chi connectivity index (χ0v) is 16.5. The molecule has 0 radical (unpaired) electrons. The fourth-order valence-electron chi connectivity index (χ4n) is 2.39. The average Bonchev–Trinajstić information content (AvgIpc) is 2.64. The highest BCUT2D eigenvalue weighted by Gasteiger charge is 2.12. The molecule has 2 rings (SSSR count). The van der Waals surface area contributed by atoms with E-state index in [4.69, 9.17) is 0 Å². The van der Waals surface area contributed by atoms with Crippen LogP contribution in [-0.2, 0) is 16.6 Å². The summed E-state index contributed by atoms with van der Waals surface area (Å²) in [6.45, 7) is 4.68. The minimum absolute atomic E-state index is 0.215. The number of hydrogen-bond acceptors (Lipinski definition) is 3. The van der Waals surface area contributed by atoms with Crippen LogP contribution in [0.5, 0.6) is 0 Å². The summed E-state index contributed by atoms with van der Waals surface area (Å²) in [5.41, 5.74) is 2.52. The maximum absolute atomic E-state index is 13.3. The number of nitrogens with one attached hydrogen (secondary N) is 3. The van der Waals surface area contributed by atoms with Crippen molar-refractivity contribution in [3.63, 3.8) is 0 Å². The molecule has 0 aliphatic heterocycles. The number of guanidine groups is 1. The summed E-state index contributed by atoms with van der Waals surface area (Å²) in [5, 5.41) is 6.14. The van der Waals surface area contributed by atoms with Crippen molar-refractivity contribution in [3.05, 3.63) is 65.0 Å². The highest BCUT2D eigenvalue weighted by atomic mass is 32.2. The van der Waals surface area contributed by atoms with E-state index in [0.29, 0.717) is 24.6 Å². The lowest BCUT2D eigenvalue weighted by Gasteiger charge is -2.13. The summed E-state index contributed by atoms with van der Waals surface area (Å²) in [7, 11) is -1.90. The molecule has 0 aromatic heterocycles. The zero-order valence-electron chi connectivity index (χ0n) is 15.7. The Morgan fingerprint density at radius 1 is 1.04 bits per heavy atom. The van der Waals surface area contributed by atoms with Crippen molar-refractivity contribution in [1.82, 2.24) is 15.4 Å². The van der Waals surface area contributed by atoms with Gasteiger partial charge < -0.3 is 10.6 Å². The molecule has 0 fully saturated rings. The van der Waals surface area contributed by atoms with E-state index in [9.17, 15) is 12.8 Å². The molecule has 2 aromatic carbocycles. The molecule has 6 nitrogen and oxygen atoms in total. The van der Waals surface area contributed by atoms with Gasteiger partial charge in [-0.25, -0.2) is 17.5 Å². The van der Waals surface area contributed by atoms with Gasteiger partial charge in [-0.15, -0.1) is 0 Å². The fourth-order valence-corrected chi connectivity index (χ4v) is 3.42. The van der Waals surface area contributed by atoms with Crippen LogP contribution in [0.3, 0.4) is 0 Å². The quantitative estimate of drug-likeness (QED) is 0.383. The molecular formula is C19H25FN4O2S. The molecule has 0 saturated carbocycles. The van der Waals surface area contributed by atoms with Crippen LogP contribution in [0.1, 0.15) is 16.7 Å². The van der Waals surface area contributed by atoms with E-state index in [2.05, 4.69) is 20.3 Å². The Morgan fingerprint density at radius 2 is 1.74 bits per heavy atom. The van der Waals surface area contributed by atoms with E-state index in [1.54, 1.807) is 50.4 Å². The number of halogens is 1. The standard InChI is InChI=1S/C19H25FN4O2S/c1-14-4-7-17(8-5-14)27(25,26)24-11-10-22-19(21-3)23-13-16-6-9-18(20)15(2)12-16/h4-9,12,24H,10-11,13H2,1-3H3,(H2,21,22,23). The van der Waals surface area contributed by atoms with Gasteiger partial charge in [0.05, 0.1) is 4.90 Å². The Labute approximate surface area is 160 Å². The Kier molecular flexibility index (Phi) is 7.32. The van der Waals surface area contributed by atoms with Gasteiger partial charge in [-0.1, -0.05) is 29.8 Å². The summed E-state index contributed by atoms with van der Waals surface area (Å²) in [6, 6.07) is 11.6. The molecular weight excluding hydrogens is 367 g/mol. The number of nitrogens with zero attached hydrogens (tertiary/aromatic N) is 1. The first-order valence-electron chi connectivity index (χ1n) is 8.57. The van der Waals surface area contributed by atoms with E-state index in [1.807, 2.05) is 6.92 Å². The summed E-state index contributed by atoms with van der Waals surface area (Å²) in [4.78, 5) is 4.33. The summed E-state index contributed by atoms with van der Waals surface area (Å²) in [5.74, 6) is 0.300. The van der Waals surface area contributed by atoms with Crippen LogP contribution in [0.4, 0.5) is 4.39 Å². The normalized spacial score (nSPS) is 12.1. The van der Waals surface area contributed by atoms with Gasteiger partial charge in [0.1, 0.15) is 5.82 Å². The molecule has 0 aliphatic carbocycles. The van der Waals surface area contributed by atoms with Gasteiger partial charge in [-0.05, 0) is 43.2 Å². The van der Waals surface area contributed by atoms with Crippen molar-refractivity contribution in [2.45, 2.75) is 25.3 Å². The van der Waals surface area contributed by atoms with E-state index in [1.165, 1.54) is 6.07 Å². The average molecular weight is 393 g/mol. The van der Waals surface area contributed by atoms with E-state index >= 15 is 0 Å². The minimum Gasteiger partial charge on any atom is -0.355 e. The van der Waals surface area contributed by atoms with Gasteiger partial charge in [-0.2, -0.15) is 0 Å². The van der Waals surface area contributed by atoms with Crippen molar-refractivity contribution in [3.8, 4) is 0 Å². The first-order valence-corrected chi connectivity index (χ1v) is 10.1. The van der Waals surface area contributed by atoms with Crippen molar-refractivity contribution >= 4 is 16.0 Å². The van der Waals surface area contributed by atoms with Crippen LogP contribution in [0.25, 0.3) is 0 Å². The highest BCUT2D eigenvalue weighted by molar-refractivity contribution is 7.89. The number of rotatable bonds is 7. The third-order valence-corrected chi connectivity index (χ3v) is 5.42. The number of hydrogen-bond donors (Lipinski definition) is 3. The predicted octanol–water partition coefficient (Wildman–Crippen LogP) is 2.09. The Morgan fingerprint density at radius 3 is 2.37 bits per heavy atom.